The highest BCUT2D eigenvalue weighted by Crippen LogP contribution is 2.15. The van der Waals surface area contributed by atoms with Crippen molar-refractivity contribution in [2.75, 3.05) is 13.1 Å². The molecule has 1 fully saturated rings. The average molecular weight is 157 g/mol. The summed E-state index contributed by atoms with van der Waals surface area (Å²) >= 11 is 0. The molecule has 1 saturated heterocycles. The predicted molar refractivity (Wildman–Crippen MR) is 46.6 cm³/mol. The highest BCUT2D eigenvalue weighted by molar-refractivity contribution is 4.74. The van der Waals surface area contributed by atoms with Gasteiger partial charge < -0.3 is 10.0 Å². The van der Waals surface area contributed by atoms with Crippen LogP contribution in [0.4, 0.5) is 0 Å². The molecule has 11 heavy (non-hydrogen) atoms. The smallest absolute Gasteiger partial charge is 0.0553 e. The molecule has 1 N–H and O–H groups in total. The van der Waals surface area contributed by atoms with Gasteiger partial charge in [-0.2, -0.15) is 0 Å². The summed E-state index contributed by atoms with van der Waals surface area (Å²) in [5, 5.41) is 9.39. The van der Waals surface area contributed by atoms with Crippen LogP contribution < -0.4 is 0 Å². The van der Waals surface area contributed by atoms with Gasteiger partial charge in [0.15, 0.2) is 0 Å². The Morgan fingerprint density at radius 2 is 2.09 bits per heavy atom. The Labute approximate surface area is 69.2 Å². The molecule has 0 aromatic carbocycles. The van der Waals surface area contributed by atoms with E-state index in [4.69, 9.17) is 0 Å². The molecule has 1 heterocycles. The number of aliphatic hydroxyl groups excluding tert-OH is 1. The molecule has 0 amide bonds. The van der Waals surface area contributed by atoms with E-state index in [1.54, 1.807) is 0 Å². The van der Waals surface area contributed by atoms with Gasteiger partial charge in [-0.1, -0.05) is 6.92 Å². The zero-order valence-electron chi connectivity index (χ0n) is 7.58. The second-order valence-electron chi connectivity index (χ2n) is 3.50. The number of hydrogen-bond donors (Lipinski definition) is 1. The molecule has 0 bridgehead atoms. The Balaban J connectivity index is 2.41. The molecule has 0 saturated carbocycles. The molecule has 0 aliphatic carbocycles. The summed E-state index contributed by atoms with van der Waals surface area (Å²) in [5.74, 6) is 0. The zero-order chi connectivity index (χ0) is 8.27. The Kier molecular flexibility index (Phi) is 3.34. The summed E-state index contributed by atoms with van der Waals surface area (Å²) in [4.78, 5) is 2.44. The van der Waals surface area contributed by atoms with E-state index in [9.17, 15) is 5.11 Å². The topological polar surface area (TPSA) is 23.5 Å². The lowest BCUT2D eigenvalue weighted by atomic mass is 10.1. The Morgan fingerprint density at radius 1 is 1.36 bits per heavy atom. The average Bonchev–Trinajstić information content (AvgIpc) is 2.15. The molecule has 66 valence electrons. The summed E-state index contributed by atoms with van der Waals surface area (Å²) in [5.41, 5.74) is 0. The molecule has 0 spiro atoms. The van der Waals surface area contributed by atoms with Crippen LogP contribution in [0, 0.1) is 0 Å². The molecule has 2 heteroatoms. The molecule has 0 radical (unpaired) electrons. The first-order valence-corrected chi connectivity index (χ1v) is 4.66. The van der Waals surface area contributed by atoms with E-state index in [2.05, 4.69) is 18.7 Å². The third-order valence-electron chi connectivity index (χ3n) is 2.70. The summed E-state index contributed by atoms with van der Waals surface area (Å²) < 4.78 is 0. The second-order valence-corrected chi connectivity index (χ2v) is 3.50. The standard InChI is InChI=1S/C9H19NO/c1-3-10-7-6-9(11)5-4-8(10)2/h8-9,11H,3-7H2,1-2H3/t8-,9-/m1/s1. The first kappa shape index (κ1) is 9.01. The third kappa shape index (κ3) is 2.46. The summed E-state index contributed by atoms with van der Waals surface area (Å²) in [6.45, 7) is 6.63. The van der Waals surface area contributed by atoms with Gasteiger partial charge in [0.05, 0.1) is 6.10 Å². The first-order valence-electron chi connectivity index (χ1n) is 4.66. The lowest BCUT2D eigenvalue weighted by Crippen LogP contribution is -2.32. The summed E-state index contributed by atoms with van der Waals surface area (Å²) in [6.07, 6.45) is 3.04. The fraction of sp³-hybridized carbons (Fsp3) is 1.00. The van der Waals surface area contributed by atoms with Crippen LogP contribution in [0.1, 0.15) is 33.1 Å². The fourth-order valence-electron chi connectivity index (χ4n) is 1.77. The van der Waals surface area contributed by atoms with Crippen molar-refractivity contribution in [3.05, 3.63) is 0 Å². The largest absolute Gasteiger partial charge is 0.393 e. The lowest BCUT2D eigenvalue weighted by Gasteiger charge is -2.24. The molecule has 0 unspecified atom stereocenters. The molecule has 2 nitrogen and oxygen atoms in total. The molecule has 0 aromatic rings. The quantitative estimate of drug-likeness (QED) is 0.619. The van der Waals surface area contributed by atoms with Crippen LogP contribution in [0.5, 0.6) is 0 Å². The summed E-state index contributed by atoms with van der Waals surface area (Å²) in [7, 11) is 0. The highest BCUT2D eigenvalue weighted by atomic mass is 16.3. The van der Waals surface area contributed by atoms with Gasteiger partial charge in [0.1, 0.15) is 0 Å². The van der Waals surface area contributed by atoms with Crippen LogP contribution in [0.3, 0.4) is 0 Å². The molecule has 2 atom stereocenters. The van der Waals surface area contributed by atoms with E-state index < -0.39 is 0 Å². The van der Waals surface area contributed by atoms with E-state index in [1.165, 1.54) is 0 Å². The predicted octanol–water partition coefficient (Wildman–Crippen LogP) is 1.24. The highest BCUT2D eigenvalue weighted by Gasteiger charge is 2.18. The first-order chi connectivity index (χ1) is 5.24. The Morgan fingerprint density at radius 3 is 2.73 bits per heavy atom. The van der Waals surface area contributed by atoms with Crippen molar-refractivity contribution in [2.45, 2.75) is 45.3 Å². The van der Waals surface area contributed by atoms with Crippen molar-refractivity contribution in [2.24, 2.45) is 0 Å². The molecule has 1 rings (SSSR count). The molecule has 1 aliphatic heterocycles. The van der Waals surface area contributed by atoms with Gasteiger partial charge in [0.2, 0.25) is 0 Å². The molecular formula is C9H19NO. The minimum Gasteiger partial charge on any atom is -0.393 e. The van der Waals surface area contributed by atoms with Gasteiger partial charge in [-0.25, -0.2) is 0 Å². The maximum atomic E-state index is 9.39. The normalized spacial score (nSPS) is 35.2. The maximum Gasteiger partial charge on any atom is 0.0553 e. The summed E-state index contributed by atoms with van der Waals surface area (Å²) in [6, 6.07) is 0.664. The van der Waals surface area contributed by atoms with Crippen molar-refractivity contribution in [1.29, 1.82) is 0 Å². The molecule has 0 aromatic heterocycles. The van der Waals surface area contributed by atoms with E-state index in [-0.39, 0.29) is 6.10 Å². The van der Waals surface area contributed by atoms with Crippen LogP contribution in [-0.4, -0.2) is 35.2 Å². The van der Waals surface area contributed by atoms with E-state index in [0.717, 1.165) is 32.4 Å². The van der Waals surface area contributed by atoms with Crippen molar-refractivity contribution < 1.29 is 5.11 Å². The fourth-order valence-corrected chi connectivity index (χ4v) is 1.77. The van der Waals surface area contributed by atoms with Crippen molar-refractivity contribution >= 4 is 0 Å². The Bertz CT molecular complexity index is 116. The van der Waals surface area contributed by atoms with Crippen LogP contribution in [-0.2, 0) is 0 Å². The van der Waals surface area contributed by atoms with Crippen LogP contribution >= 0.6 is 0 Å². The monoisotopic (exact) mass is 157 g/mol. The van der Waals surface area contributed by atoms with Gasteiger partial charge in [-0.05, 0) is 32.7 Å². The minimum atomic E-state index is -0.0472. The number of rotatable bonds is 1. The van der Waals surface area contributed by atoms with Crippen molar-refractivity contribution in [3.63, 3.8) is 0 Å². The van der Waals surface area contributed by atoms with Crippen LogP contribution in [0.2, 0.25) is 0 Å². The Hall–Kier alpha value is -0.0800. The van der Waals surface area contributed by atoms with E-state index >= 15 is 0 Å². The van der Waals surface area contributed by atoms with E-state index in [0.29, 0.717) is 6.04 Å². The van der Waals surface area contributed by atoms with Crippen LogP contribution in [0.25, 0.3) is 0 Å². The van der Waals surface area contributed by atoms with Crippen molar-refractivity contribution in [3.8, 4) is 0 Å². The maximum absolute atomic E-state index is 9.39. The molecule has 1 aliphatic rings. The van der Waals surface area contributed by atoms with Crippen LogP contribution in [0.15, 0.2) is 0 Å². The van der Waals surface area contributed by atoms with Crippen molar-refractivity contribution in [1.82, 2.24) is 4.90 Å². The zero-order valence-corrected chi connectivity index (χ0v) is 7.58. The van der Waals surface area contributed by atoms with Gasteiger partial charge >= 0.3 is 0 Å². The number of hydrogen-bond acceptors (Lipinski definition) is 2. The van der Waals surface area contributed by atoms with Gasteiger partial charge in [0.25, 0.3) is 0 Å². The SMILES string of the molecule is CCN1CC[C@H](O)CC[C@H]1C. The number of likely N-dealkylation sites (tertiary alicyclic amines) is 1. The molecular weight excluding hydrogens is 138 g/mol. The lowest BCUT2D eigenvalue weighted by molar-refractivity contribution is 0.155. The van der Waals surface area contributed by atoms with Gasteiger partial charge in [0, 0.05) is 12.6 Å². The number of aliphatic hydroxyl groups is 1. The van der Waals surface area contributed by atoms with Gasteiger partial charge in [-0.3, -0.25) is 0 Å². The third-order valence-corrected chi connectivity index (χ3v) is 2.70. The minimum absolute atomic E-state index is 0.0472. The second kappa shape index (κ2) is 4.07. The number of nitrogens with zero attached hydrogens (tertiary/aromatic N) is 1. The van der Waals surface area contributed by atoms with Gasteiger partial charge in [-0.15, -0.1) is 0 Å². The van der Waals surface area contributed by atoms with E-state index in [1.807, 2.05) is 0 Å².